The Balaban J connectivity index is 1.38. The van der Waals surface area contributed by atoms with Crippen molar-refractivity contribution in [3.05, 3.63) is 25.4 Å². The van der Waals surface area contributed by atoms with Gasteiger partial charge in [0.15, 0.2) is 0 Å². The van der Waals surface area contributed by atoms with Crippen molar-refractivity contribution in [1.29, 1.82) is 0 Å². The first-order valence-corrected chi connectivity index (χ1v) is 16.6. The lowest BCUT2D eigenvalue weighted by molar-refractivity contribution is 0.941. The summed E-state index contributed by atoms with van der Waals surface area (Å²) in [6.45, 7) is 4.77. The average molecular weight is 505 g/mol. The minimum atomic E-state index is 0.703. The smallest absolute Gasteiger partial charge is 0.0818 e. The van der Waals surface area contributed by atoms with E-state index < -0.39 is 0 Å². The summed E-state index contributed by atoms with van der Waals surface area (Å²) in [6.07, 6.45) is 4.38. The van der Waals surface area contributed by atoms with Gasteiger partial charge < -0.3 is 0 Å². The van der Waals surface area contributed by atoms with Gasteiger partial charge in [0.2, 0.25) is 0 Å². The fourth-order valence-corrected chi connectivity index (χ4v) is 18.8. The zero-order chi connectivity index (χ0) is 16.8. The molecule has 24 heavy (non-hydrogen) atoms. The Morgan fingerprint density at radius 3 is 1.54 bits per heavy atom. The molecule has 0 aromatic rings. The monoisotopic (exact) mass is 504 g/mol. The van der Waals surface area contributed by atoms with Crippen LogP contribution in [-0.4, -0.2) is 32.2 Å². The molecule has 0 bridgehead atoms. The van der Waals surface area contributed by atoms with Crippen molar-refractivity contribution in [2.24, 2.45) is 0 Å². The molecule has 1 fully saturated rings. The van der Waals surface area contributed by atoms with Gasteiger partial charge in [-0.3, -0.25) is 0 Å². The summed E-state index contributed by atoms with van der Waals surface area (Å²) in [7, 11) is 0. The van der Waals surface area contributed by atoms with Gasteiger partial charge in [0.1, 0.15) is 0 Å². The molecule has 0 aliphatic carbocycles. The molecule has 0 unspecified atom stereocenters. The first-order valence-electron chi connectivity index (χ1n) is 7.25. The zero-order valence-electron chi connectivity index (χ0n) is 13.4. The van der Waals surface area contributed by atoms with Crippen LogP contribution in [0, 0.1) is 0 Å². The van der Waals surface area contributed by atoms with E-state index in [0.29, 0.717) is 4.58 Å². The van der Waals surface area contributed by atoms with E-state index in [0.717, 1.165) is 15.1 Å². The third-order valence-corrected chi connectivity index (χ3v) is 19.7. The molecule has 0 saturated carbocycles. The Bertz CT molecular complexity index is 587. The Kier molecular flexibility index (Phi) is 7.18. The topological polar surface area (TPSA) is 0 Å². The quantitative estimate of drug-likeness (QED) is 0.365. The van der Waals surface area contributed by atoms with Crippen molar-refractivity contribution in [1.82, 2.24) is 0 Å². The van der Waals surface area contributed by atoms with Crippen LogP contribution in [0.4, 0.5) is 0 Å². The molecular formula is C14H16S10. The Hall–Kier alpha value is 2.72. The lowest BCUT2D eigenvalue weighted by Gasteiger charge is -2.17. The maximum absolute atomic E-state index is 2.38. The molecule has 4 rings (SSSR count). The van der Waals surface area contributed by atoms with Crippen molar-refractivity contribution in [3.63, 3.8) is 0 Å². The second kappa shape index (κ2) is 8.61. The maximum atomic E-state index is 2.38. The lowest BCUT2D eigenvalue weighted by atomic mass is 10.4. The van der Waals surface area contributed by atoms with Gasteiger partial charge in [-0.25, -0.2) is 0 Å². The third kappa shape index (κ3) is 4.03. The van der Waals surface area contributed by atoms with Crippen LogP contribution in [0.3, 0.4) is 0 Å². The molecule has 4 heterocycles. The molecule has 0 aromatic carbocycles. The summed E-state index contributed by atoms with van der Waals surface area (Å²) >= 11 is 20.4. The summed E-state index contributed by atoms with van der Waals surface area (Å²) in [5.41, 5.74) is 0. The van der Waals surface area contributed by atoms with Crippen LogP contribution in [0.2, 0.25) is 0 Å². The van der Waals surface area contributed by atoms with Gasteiger partial charge in [0, 0.05) is 10.5 Å². The Morgan fingerprint density at radius 2 is 1.08 bits per heavy atom. The molecule has 0 radical (unpaired) electrons. The second-order valence-electron chi connectivity index (χ2n) is 5.20. The number of hydrogen-bond acceptors (Lipinski definition) is 10. The third-order valence-electron chi connectivity index (χ3n) is 3.64. The van der Waals surface area contributed by atoms with E-state index in [-0.39, 0.29) is 0 Å². The van der Waals surface area contributed by atoms with Crippen LogP contribution in [0.15, 0.2) is 25.4 Å². The van der Waals surface area contributed by atoms with Gasteiger partial charge in [-0.05, 0) is 12.5 Å². The predicted molar refractivity (Wildman–Crippen MR) is 135 cm³/mol. The number of hydrogen-bond donors (Lipinski definition) is 0. The molecule has 0 amide bonds. The van der Waals surface area contributed by atoms with Crippen molar-refractivity contribution >= 4 is 118 Å². The molecule has 10 heteroatoms. The first-order chi connectivity index (χ1) is 11.6. The summed E-state index contributed by atoms with van der Waals surface area (Å²) in [5, 5.41) is 1.59. The molecule has 0 nitrogen and oxygen atoms in total. The minimum absolute atomic E-state index is 0.703. The first kappa shape index (κ1) is 20.0. The Labute approximate surface area is 187 Å². The largest absolute Gasteiger partial charge is 0.141 e. The summed E-state index contributed by atoms with van der Waals surface area (Å²) in [4.78, 5) is 0. The molecule has 1 saturated heterocycles. The normalized spacial score (nSPS) is 32.0. The Morgan fingerprint density at radius 1 is 0.625 bits per heavy atom. The van der Waals surface area contributed by atoms with Gasteiger partial charge in [-0.15, -0.1) is 70.6 Å². The molecule has 0 aromatic heterocycles. The lowest BCUT2D eigenvalue weighted by Crippen LogP contribution is -2.07. The second-order valence-corrected chi connectivity index (χ2v) is 18.4. The van der Waals surface area contributed by atoms with Crippen LogP contribution >= 0.6 is 118 Å². The van der Waals surface area contributed by atoms with E-state index in [2.05, 4.69) is 73.4 Å². The van der Waals surface area contributed by atoms with Crippen LogP contribution in [0.25, 0.3) is 0 Å². The molecule has 0 N–H and O–H groups in total. The van der Waals surface area contributed by atoms with Crippen molar-refractivity contribution < 1.29 is 0 Å². The van der Waals surface area contributed by atoms with Gasteiger partial charge in [0.25, 0.3) is 0 Å². The van der Waals surface area contributed by atoms with E-state index in [9.17, 15) is 0 Å². The van der Waals surface area contributed by atoms with Crippen LogP contribution < -0.4 is 0 Å². The summed E-state index contributed by atoms with van der Waals surface area (Å²) < 4.78 is 10.5. The van der Waals surface area contributed by atoms with Crippen LogP contribution in [0.5, 0.6) is 0 Å². The molecule has 2 atom stereocenters. The number of rotatable bonds is 3. The van der Waals surface area contributed by atoms with Crippen molar-refractivity contribution in [2.45, 2.75) is 33.5 Å². The highest BCUT2D eigenvalue weighted by Crippen LogP contribution is 2.71. The highest BCUT2D eigenvalue weighted by Gasteiger charge is 2.43. The van der Waals surface area contributed by atoms with Gasteiger partial charge >= 0.3 is 0 Å². The van der Waals surface area contributed by atoms with Crippen molar-refractivity contribution in [3.8, 4) is 0 Å². The van der Waals surface area contributed by atoms with E-state index in [1.165, 1.54) is 16.9 Å². The van der Waals surface area contributed by atoms with Crippen LogP contribution in [0.1, 0.15) is 13.8 Å². The molecule has 132 valence electrons. The highest BCUT2D eigenvalue weighted by molar-refractivity contribution is 8.48. The van der Waals surface area contributed by atoms with E-state index in [4.69, 9.17) is 0 Å². The van der Waals surface area contributed by atoms with Crippen LogP contribution in [-0.2, 0) is 0 Å². The molecule has 4 aliphatic heterocycles. The van der Waals surface area contributed by atoms with Gasteiger partial charge in [-0.2, -0.15) is 0 Å². The van der Waals surface area contributed by atoms with Gasteiger partial charge in [-0.1, -0.05) is 60.9 Å². The van der Waals surface area contributed by atoms with E-state index in [1.54, 1.807) is 8.47 Å². The SMILES string of the molecule is CSC1=C(SC)SC(=C2SC3=C(S2)SC(C2S[C@@H](C)[C@H](C)S2)S3)S1. The molecule has 0 spiro atoms. The average Bonchev–Trinajstić information content (AvgIpc) is 3.29. The zero-order valence-corrected chi connectivity index (χ0v) is 21.6. The maximum Gasteiger partial charge on any atom is 0.0818 e. The van der Waals surface area contributed by atoms with E-state index in [1.807, 2.05) is 70.6 Å². The minimum Gasteiger partial charge on any atom is -0.141 e. The summed E-state index contributed by atoms with van der Waals surface area (Å²) in [5.74, 6) is 0. The predicted octanol–water partition coefficient (Wildman–Crippen LogP) is 8.44. The molecule has 4 aliphatic rings. The standard InChI is InChI=1S/C14H16S10/c1-5-6(2)18-9(17-5)10-21-13-14(22-10)24-12(23-13)11-19-7(15-3)8(16-4)20-11/h5-6,9-10H,1-4H3/t5-,6-/m0/s1. The van der Waals surface area contributed by atoms with Gasteiger partial charge in [0.05, 0.1) is 34.6 Å². The number of thioether (sulfide) groups is 10. The fourth-order valence-electron chi connectivity index (χ4n) is 2.26. The van der Waals surface area contributed by atoms with Crippen molar-refractivity contribution in [2.75, 3.05) is 12.5 Å². The highest BCUT2D eigenvalue weighted by atomic mass is 32.3. The summed E-state index contributed by atoms with van der Waals surface area (Å²) in [6, 6.07) is 0. The fraction of sp³-hybridized carbons (Fsp3) is 0.571. The molecular weight excluding hydrogens is 489 g/mol. The van der Waals surface area contributed by atoms with E-state index >= 15 is 0 Å².